The standard InChI is InChI=1S/C19H18N4OS/c1-13-8-10-15(11-9-13)17-12-18(21-19(25)20-14(2)24)23(22-17)16-6-4-3-5-7-16/h3-12H,1-2H3,(H2,20,21,24,25). The molecule has 0 spiro atoms. The van der Waals surface area contributed by atoms with E-state index in [-0.39, 0.29) is 11.0 Å². The van der Waals surface area contributed by atoms with Crippen LogP contribution in [0.15, 0.2) is 60.7 Å². The van der Waals surface area contributed by atoms with Gasteiger partial charge in [-0.3, -0.25) is 4.79 Å². The summed E-state index contributed by atoms with van der Waals surface area (Å²) in [4.78, 5) is 11.2. The Morgan fingerprint density at radius 1 is 1.08 bits per heavy atom. The zero-order valence-corrected chi connectivity index (χ0v) is 14.8. The highest BCUT2D eigenvalue weighted by Gasteiger charge is 2.12. The molecule has 6 heteroatoms. The molecule has 0 saturated carbocycles. The van der Waals surface area contributed by atoms with E-state index >= 15 is 0 Å². The van der Waals surface area contributed by atoms with E-state index in [1.807, 2.05) is 67.6 Å². The van der Waals surface area contributed by atoms with Crippen LogP contribution in [0.2, 0.25) is 0 Å². The van der Waals surface area contributed by atoms with Crippen LogP contribution in [0.3, 0.4) is 0 Å². The molecule has 2 aromatic carbocycles. The van der Waals surface area contributed by atoms with Crippen LogP contribution in [0.5, 0.6) is 0 Å². The lowest BCUT2D eigenvalue weighted by molar-refractivity contribution is -0.117. The summed E-state index contributed by atoms with van der Waals surface area (Å²) in [7, 11) is 0. The monoisotopic (exact) mass is 350 g/mol. The van der Waals surface area contributed by atoms with Crippen molar-refractivity contribution in [3.8, 4) is 16.9 Å². The first kappa shape index (κ1) is 16.9. The van der Waals surface area contributed by atoms with Crippen LogP contribution in [0, 0.1) is 6.92 Å². The quantitative estimate of drug-likeness (QED) is 0.708. The first-order valence-corrected chi connectivity index (χ1v) is 8.25. The number of hydrogen-bond acceptors (Lipinski definition) is 3. The van der Waals surface area contributed by atoms with E-state index < -0.39 is 0 Å². The van der Waals surface area contributed by atoms with Gasteiger partial charge in [-0.25, -0.2) is 4.68 Å². The van der Waals surface area contributed by atoms with Crippen molar-refractivity contribution in [2.45, 2.75) is 13.8 Å². The zero-order valence-electron chi connectivity index (χ0n) is 14.0. The van der Waals surface area contributed by atoms with E-state index in [9.17, 15) is 4.79 Å². The van der Waals surface area contributed by atoms with Crippen molar-refractivity contribution in [3.63, 3.8) is 0 Å². The molecule has 0 unspecified atom stereocenters. The second-order valence-corrected chi connectivity index (χ2v) is 6.07. The number of nitrogens with one attached hydrogen (secondary N) is 2. The fourth-order valence-corrected chi connectivity index (χ4v) is 2.66. The van der Waals surface area contributed by atoms with Crippen molar-refractivity contribution in [1.29, 1.82) is 0 Å². The number of para-hydroxylation sites is 1. The second kappa shape index (κ2) is 7.27. The Labute approximate surface area is 151 Å². The summed E-state index contributed by atoms with van der Waals surface area (Å²) in [6.45, 7) is 3.46. The van der Waals surface area contributed by atoms with Crippen LogP contribution < -0.4 is 10.6 Å². The molecule has 3 rings (SSSR count). The Morgan fingerprint density at radius 2 is 1.76 bits per heavy atom. The predicted octanol–water partition coefficient (Wildman–Crippen LogP) is 3.68. The van der Waals surface area contributed by atoms with Gasteiger partial charge in [-0.2, -0.15) is 5.10 Å². The fraction of sp³-hybridized carbons (Fsp3) is 0.105. The second-order valence-electron chi connectivity index (χ2n) is 5.66. The number of anilines is 1. The molecule has 1 heterocycles. The molecular formula is C19H18N4OS. The molecule has 0 fully saturated rings. The maximum Gasteiger partial charge on any atom is 0.222 e. The van der Waals surface area contributed by atoms with Crippen LogP contribution in [-0.2, 0) is 4.79 Å². The Hall–Kier alpha value is -2.99. The minimum atomic E-state index is -0.220. The highest BCUT2D eigenvalue weighted by atomic mass is 32.1. The maximum absolute atomic E-state index is 11.2. The van der Waals surface area contributed by atoms with Crippen molar-refractivity contribution in [1.82, 2.24) is 15.1 Å². The largest absolute Gasteiger partial charge is 0.317 e. The van der Waals surface area contributed by atoms with E-state index in [0.29, 0.717) is 5.82 Å². The van der Waals surface area contributed by atoms with Crippen LogP contribution in [0.25, 0.3) is 16.9 Å². The maximum atomic E-state index is 11.2. The van der Waals surface area contributed by atoms with E-state index in [1.165, 1.54) is 12.5 Å². The molecule has 126 valence electrons. The minimum Gasteiger partial charge on any atom is -0.317 e. The fourth-order valence-electron chi connectivity index (χ4n) is 2.41. The number of carbonyl (C=O) groups excluding carboxylic acids is 1. The highest BCUT2D eigenvalue weighted by molar-refractivity contribution is 7.80. The summed E-state index contributed by atoms with van der Waals surface area (Å²) in [5.74, 6) is 0.461. The van der Waals surface area contributed by atoms with Crippen LogP contribution in [-0.4, -0.2) is 20.8 Å². The van der Waals surface area contributed by atoms with Crippen LogP contribution in [0.1, 0.15) is 12.5 Å². The molecule has 0 saturated heterocycles. The molecule has 1 amide bonds. The molecular weight excluding hydrogens is 332 g/mol. The molecule has 3 aromatic rings. The third kappa shape index (κ3) is 4.10. The number of aromatic nitrogens is 2. The lowest BCUT2D eigenvalue weighted by atomic mass is 10.1. The van der Waals surface area contributed by atoms with Gasteiger partial charge in [-0.1, -0.05) is 48.0 Å². The topological polar surface area (TPSA) is 59.0 Å². The van der Waals surface area contributed by atoms with Crippen LogP contribution in [0.4, 0.5) is 5.82 Å². The van der Waals surface area contributed by atoms with Gasteiger partial charge in [0.25, 0.3) is 0 Å². The SMILES string of the molecule is CC(=O)NC(=S)Nc1cc(-c2ccc(C)cc2)nn1-c1ccccc1. The summed E-state index contributed by atoms with van der Waals surface area (Å²) < 4.78 is 1.77. The third-order valence-corrected chi connectivity index (χ3v) is 3.79. The van der Waals surface area contributed by atoms with Gasteiger partial charge in [0.2, 0.25) is 5.91 Å². The van der Waals surface area contributed by atoms with Crippen molar-refractivity contribution in [2.75, 3.05) is 5.32 Å². The van der Waals surface area contributed by atoms with E-state index in [2.05, 4.69) is 10.6 Å². The smallest absolute Gasteiger partial charge is 0.222 e. The summed E-state index contributed by atoms with van der Waals surface area (Å²) >= 11 is 5.18. The highest BCUT2D eigenvalue weighted by Crippen LogP contribution is 2.25. The van der Waals surface area contributed by atoms with Crippen molar-refractivity contribution in [3.05, 3.63) is 66.2 Å². The van der Waals surface area contributed by atoms with Crippen molar-refractivity contribution < 1.29 is 4.79 Å². The Bertz CT molecular complexity index is 901. The van der Waals surface area contributed by atoms with E-state index in [1.54, 1.807) is 4.68 Å². The number of amides is 1. The van der Waals surface area contributed by atoms with Crippen LogP contribution >= 0.6 is 12.2 Å². The van der Waals surface area contributed by atoms with Gasteiger partial charge in [0, 0.05) is 18.6 Å². The number of thiocarbonyl (C=S) groups is 1. The average molecular weight is 350 g/mol. The van der Waals surface area contributed by atoms with Gasteiger partial charge in [0.15, 0.2) is 5.11 Å². The molecule has 5 nitrogen and oxygen atoms in total. The lowest BCUT2D eigenvalue weighted by Gasteiger charge is -2.10. The summed E-state index contributed by atoms with van der Waals surface area (Å²) in [5.41, 5.74) is 3.91. The lowest BCUT2D eigenvalue weighted by Crippen LogP contribution is -2.32. The Kier molecular flexibility index (Phi) is 4.90. The molecule has 0 radical (unpaired) electrons. The third-order valence-electron chi connectivity index (χ3n) is 3.59. The normalized spacial score (nSPS) is 10.3. The Balaban J connectivity index is 2.00. The van der Waals surface area contributed by atoms with Crippen molar-refractivity contribution >= 4 is 29.1 Å². The predicted molar refractivity (Wildman–Crippen MR) is 104 cm³/mol. The van der Waals surface area contributed by atoms with E-state index in [4.69, 9.17) is 17.3 Å². The molecule has 0 aliphatic carbocycles. The van der Waals surface area contributed by atoms with Gasteiger partial charge in [-0.15, -0.1) is 0 Å². The van der Waals surface area contributed by atoms with Gasteiger partial charge in [0.05, 0.1) is 11.4 Å². The molecule has 1 aromatic heterocycles. The number of carbonyl (C=O) groups is 1. The molecule has 2 N–H and O–H groups in total. The molecule has 0 atom stereocenters. The van der Waals surface area contributed by atoms with Gasteiger partial charge in [-0.05, 0) is 31.3 Å². The number of rotatable bonds is 3. The molecule has 0 bridgehead atoms. The first-order chi connectivity index (χ1) is 12.0. The number of nitrogens with zero attached hydrogens (tertiary/aromatic N) is 2. The van der Waals surface area contributed by atoms with Gasteiger partial charge >= 0.3 is 0 Å². The van der Waals surface area contributed by atoms with E-state index in [0.717, 1.165) is 16.9 Å². The molecule has 25 heavy (non-hydrogen) atoms. The molecule has 0 aliphatic rings. The van der Waals surface area contributed by atoms with Gasteiger partial charge < -0.3 is 10.6 Å². The number of hydrogen-bond donors (Lipinski definition) is 2. The number of aryl methyl sites for hydroxylation is 1. The average Bonchev–Trinajstić information content (AvgIpc) is 2.99. The summed E-state index contributed by atoms with van der Waals surface area (Å²) in [6.07, 6.45) is 0. The number of benzene rings is 2. The van der Waals surface area contributed by atoms with Gasteiger partial charge in [0.1, 0.15) is 5.82 Å². The minimum absolute atomic E-state index is 0.220. The first-order valence-electron chi connectivity index (χ1n) is 7.84. The zero-order chi connectivity index (χ0) is 17.8. The van der Waals surface area contributed by atoms with Crippen molar-refractivity contribution in [2.24, 2.45) is 0 Å². The summed E-state index contributed by atoms with van der Waals surface area (Å²) in [5, 5.41) is 10.5. The Morgan fingerprint density at radius 3 is 2.40 bits per heavy atom. The summed E-state index contributed by atoms with van der Waals surface area (Å²) in [6, 6.07) is 19.8. The molecule has 0 aliphatic heterocycles.